The largest absolute Gasteiger partial charge is 0.475 e. The van der Waals surface area contributed by atoms with Crippen LogP contribution in [0.15, 0.2) is 16.5 Å². The molecule has 1 aromatic rings. The van der Waals surface area contributed by atoms with Crippen molar-refractivity contribution in [2.24, 2.45) is 23.2 Å². The summed E-state index contributed by atoms with van der Waals surface area (Å²) in [6.07, 6.45) is 9.28. The molecule has 19 heavy (non-hydrogen) atoms. The molecule has 1 heterocycles. The van der Waals surface area contributed by atoms with Gasteiger partial charge >= 0.3 is 5.97 Å². The molecule has 0 amide bonds. The van der Waals surface area contributed by atoms with Crippen molar-refractivity contribution >= 4 is 5.97 Å². The molecule has 5 rings (SSSR count). The molecule has 0 radical (unpaired) electrons. The molecule has 4 saturated carbocycles. The highest BCUT2D eigenvalue weighted by Crippen LogP contribution is 2.61. The maximum absolute atomic E-state index is 10.9. The van der Waals surface area contributed by atoms with Crippen molar-refractivity contribution in [2.45, 2.75) is 44.9 Å². The number of carboxylic acids is 1. The van der Waals surface area contributed by atoms with E-state index < -0.39 is 5.97 Å². The van der Waals surface area contributed by atoms with Gasteiger partial charge in [0.05, 0.1) is 0 Å². The fraction of sp³-hybridized carbons (Fsp3) is 0.688. The van der Waals surface area contributed by atoms with Gasteiger partial charge in [-0.05, 0) is 73.8 Å². The van der Waals surface area contributed by atoms with Gasteiger partial charge in [-0.25, -0.2) is 4.79 Å². The van der Waals surface area contributed by atoms with E-state index in [0.717, 1.165) is 29.9 Å². The highest BCUT2D eigenvalue weighted by Gasteiger charge is 2.50. The summed E-state index contributed by atoms with van der Waals surface area (Å²) in [7, 11) is 0. The van der Waals surface area contributed by atoms with Crippen molar-refractivity contribution in [2.75, 3.05) is 0 Å². The summed E-state index contributed by atoms with van der Waals surface area (Å²) in [6.45, 7) is 0. The molecule has 4 aliphatic carbocycles. The summed E-state index contributed by atoms with van der Waals surface area (Å²) in [5, 5.41) is 8.93. The second kappa shape index (κ2) is 3.87. The molecule has 3 heteroatoms. The van der Waals surface area contributed by atoms with Gasteiger partial charge in [-0.15, -0.1) is 0 Å². The van der Waals surface area contributed by atoms with Crippen molar-refractivity contribution in [1.82, 2.24) is 0 Å². The van der Waals surface area contributed by atoms with Gasteiger partial charge in [-0.1, -0.05) is 0 Å². The highest BCUT2D eigenvalue weighted by atomic mass is 16.4. The molecule has 0 unspecified atom stereocenters. The lowest BCUT2D eigenvalue weighted by atomic mass is 9.49. The Bertz CT molecular complexity index is 479. The van der Waals surface area contributed by atoms with Gasteiger partial charge in [-0.3, -0.25) is 0 Å². The molecule has 0 spiro atoms. The zero-order chi connectivity index (χ0) is 13.0. The van der Waals surface area contributed by atoms with Crippen LogP contribution in [0, 0.1) is 23.2 Å². The molecule has 3 nitrogen and oxygen atoms in total. The molecule has 0 saturated heterocycles. The number of furan rings is 1. The Kier molecular flexibility index (Phi) is 2.36. The third-order valence-electron chi connectivity index (χ3n) is 5.59. The monoisotopic (exact) mass is 260 g/mol. The van der Waals surface area contributed by atoms with Gasteiger partial charge < -0.3 is 9.52 Å². The minimum Gasteiger partial charge on any atom is -0.475 e. The van der Waals surface area contributed by atoms with Crippen LogP contribution in [0.1, 0.15) is 54.8 Å². The Hall–Kier alpha value is -1.25. The quantitative estimate of drug-likeness (QED) is 0.900. The van der Waals surface area contributed by atoms with Crippen LogP contribution >= 0.6 is 0 Å². The zero-order valence-corrected chi connectivity index (χ0v) is 11.1. The molecule has 0 aromatic carbocycles. The average molecular weight is 260 g/mol. The topological polar surface area (TPSA) is 50.4 Å². The van der Waals surface area contributed by atoms with Crippen LogP contribution in [0.3, 0.4) is 0 Å². The number of rotatable bonds is 3. The summed E-state index contributed by atoms with van der Waals surface area (Å²) in [4.78, 5) is 10.9. The van der Waals surface area contributed by atoms with E-state index in [1.54, 1.807) is 6.07 Å². The predicted octanol–water partition coefficient (Wildman–Crippen LogP) is 3.74. The molecule has 1 N–H and O–H groups in total. The van der Waals surface area contributed by atoms with Gasteiger partial charge in [0.1, 0.15) is 5.76 Å². The van der Waals surface area contributed by atoms with Crippen LogP contribution in [-0.4, -0.2) is 11.1 Å². The first-order valence-electron chi connectivity index (χ1n) is 7.44. The number of hydrogen-bond donors (Lipinski definition) is 1. The van der Waals surface area contributed by atoms with E-state index >= 15 is 0 Å². The minimum absolute atomic E-state index is 0.0831. The van der Waals surface area contributed by atoms with Gasteiger partial charge in [0, 0.05) is 6.42 Å². The first kappa shape index (κ1) is 11.6. The van der Waals surface area contributed by atoms with Crippen LogP contribution in [0.25, 0.3) is 0 Å². The lowest BCUT2D eigenvalue weighted by molar-refractivity contribution is -0.0545. The molecular formula is C16H20O3. The van der Waals surface area contributed by atoms with Crippen molar-refractivity contribution in [3.63, 3.8) is 0 Å². The van der Waals surface area contributed by atoms with Crippen molar-refractivity contribution < 1.29 is 14.3 Å². The first-order chi connectivity index (χ1) is 9.12. The van der Waals surface area contributed by atoms with E-state index in [4.69, 9.17) is 9.52 Å². The van der Waals surface area contributed by atoms with Gasteiger partial charge in [0.25, 0.3) is 0 Å². The first-order valence-corrected chi connectivity index (χ1v) is 7.44. The molecule has 0 aliphatic heterocycles. The lowest BCUT2D eigenvalue weighted by Crippen LogP contribution is -2.46. The summed E-state index contributed by atoms with van der Waals surface area (Å²) in [5.74, 6) is 2.79. The van der Waals surface area contributed by atoms with Crippen LogP contribution in [0.5, 0.6) is 0 Å². The third-order valence-corrected chi connectivity index (χ3v) is 5.59. The minimum atomic E-state index is -0.961. The molecule has 0 atom stereocenters. The summed E-state index contributed by atoms with van der Waals surface area (Å²) in [5.41, 5.74) is 0.419. The Morgan fingerprint density at radius 3 is 2.21 bits per heavy atom. The van der Waals surface area contributed by atoms with Crippen molar-refractivity contribution in [3.05, 3.63) is 23.7 Å². The average Bonchev–Trinajstić information content (AvgIpc) is 2.74. The second-order valence-corrected chi connectivity index (χ2v) is 7.17. The van der Waals surface area contributed by atoms with E-state index in [1.165, 1.54) is 38.5 Å². The standard InChI is InChI=1S/C16H20O3/c17-15(18)14-2-1-13(19-14)9-16-6-10-3-11(7-16)5-12(4-10)8-16/h1-2,10-12H,3-9H2,(H,17,18). The lowest BCUT2D eigenvalue weighted by Gasteiger charge is -2.56. The van der Waals surface area contributed by atoms with E-state index in [1.807, 2.05) is 6.07 Å². The Morgan fingerprint density at radius 2 is 1.74 bits per heavy atom. The van der Waals surface area contributed by atoms with Crippen LogP contribution in [0.2, 0.25) is 0 Å². The molecule has 1 aromatic heterocycles. The van der Waals surface area contributed by atoms with Crippen molar-refractivity contribution in [3.8, 4) is 0 Å². The van der Waals surface area contributed by atoms with Gasteiger partial charge in [-0.2, -0.15) is 0 Å². The normalized spacial score (nSPS) is 39.7. The molecule has 4 bridgehead atoms. The van der Waals surface area contributed by atoms with Gasteiger partial charge in [0.2, 0.25) is 5.76 Å². The SMILES string of the molecule is O=C(O)c1ccc(CC23CC4CC(CC(C4)C2)C3)o1. The zero-order valence-electron chi connectivity index (χ0n) is 11.1. The van der Waals surface area contributed by atoms with Crippen molar-refractivity contribution in [1.29, 1.82) is 0 Å². The van der Waals surface area contributed by atoms with E-state index in [0.29, 0.717) is 5.41 Å². The Labute approximate surface area is 113 Å². The number of hydrogen-bond acceptors (Lipinski definition) is 2. The molecule has 102 valence electrons. The Morgan fingerprint density at radius 1 is 1.16 bits per heavy atom. The highest BCUT2D eigenvalue weighted by molar-refractivity contribution is 5.84. The van der Waals surface area contributed by atoms with E-state index in [9.17, 15) is 4.79 Å². The smallest absolute Gasteiger partial charge is 0.371 e. The number of carboxylic acid groups (broad SMARTS) is 1. The third kappa shape index (κ3) is 1.90. The fourth-order valence-electron chi connectivity index (χ4n) is 5.46. The molecule has 4 aliphatic rings. The molecular weight excluding hydrogens is 240 g/mol. The maximum Gasteiger partial charge on any atom is 0.371 e. The van der Waals surface area contributed by atoms with Crippen LogP contribution < -0.4 is 0 Å². The predicted molar refractivity (Wildman–Crippen MR) is 70.0 cm³/mol. The second-order valence-electron chi connectivity index (χ2n) is 7.17. The van der Waals surface area contributed by atoms with Gasteiger partial charge in [0.15, 0.2) is 0 Å². The summed E-state index contributed by atoms with van der Waals surface area (Å²) in [6, 6.07) is 3.46. The molecule has 4 fully saturated rings. The summed E-state index contributed by atoms with van der Waals surface area (Å²) < 4.78 is 5.48. The van der Waals surface area contributed by atoms with Crippen LogP contribution in [0.4, 0.5) is 0 Å². The number of aromatic carboxylic acids is 1. The fourth-order valence-corrected chi connectivity index (χ4v) is 5.46. The Balaban J connectivity index is 1.57. The summed E-state index contributed by atoms with van der Waals surface area (Å²) >= 11 is 0. The van der Waals surface area contributed by atoms with E-state index in [-0.39, 0.29) is 5.76 Å². The number of carbonyl (C=O) groups is 1. The maximum atomic E-state index is 10.9. The van der Waals surface area contributed by atoms with E-state index in [2.05, 4.69) is 0 Å². The van der Waals surface area contributed by atoms with Crippen LogP contribution in [-0.2, 0) is 6.42 Å².